The van der Waals surface area contributed by atoms with Gasteiger partial charge in [0.2, 0.25) is 0 Å². The van der Waals surface area contributed by atoms with Gasteiger partial charge in [0.25, 0.3) is 5.91 Å². The standard InChI is InChI=1S/C14H16BrFN2O/c1-10(2)9-18(8-4-7-17)14(19)13-11(15)5-3-6-12(13)16/h3,5-6,10H,4,8-9H2,1-2H3. The van der Waals surface area contributed by atoms with Gasteiger partial charge < -0.3 is 4.90 Å². The normalized spacial score (nSPS) is 10.3. The summed E-state index contributed by atoms with van der Waals surface area (Å²) in [4.78, 5) is 13.9. The summed E-state index contributed by atoms with van der Waals surface area (Å²) >= 11 is 3.20. The van der Waals surface area contributed by atoms with Crippen LogP contribution in [0.1, 0.15) is 30.6 Å². The quantitative estimate of drug-likeness (QED) is 0.829. The van der Waals surface area contributed by atoms with Crippen molar-refractivity contribution in [3.63, 3.8) is 0 Å². The van der Waals surface area contributed by atoms with Gasteiger partial charge in [-0.15, -0.1) is 0 Å². The molecule has 19 heavy (non-hydrogen) atoms. The first kappa shape index (κ1) is 15.6. The summed E-state index contributed by atoms with van der Waals surface area (Å²) in [5, 5.41) is 8.64. The minimum atomic E-state index is -0.551. The molecule has 0 saturated carbocycles. The van der Waals surface area contributed by atoms with Crippen LogP contribution in [-0.4, -0.2) is 23.9 Å². The van der Waals surface area contributed by atoms with E-state index >= 15 is 0 Å². The SMILES string of the molecule is CC(C)CN(CCC#N)C(=O)c1c(F)cccc1Br. The number of benzene rings is 1. The number of hydrogen-bond donors (Lipinski definition) is 0. The molecular weight excluding hydrogens is 311 g/mol. The molecule has 0 spiro atoms. The van der Waals surface area contributed by atoms with Crippen LogP contribution >= 0.6 is 15.9 Å². The summed E-state index contributed by atoms with van der Waals surface area (Å²) in [6, 6.07) is 6.44. The lowest BCUT2D eigenvalue weighted by Gasteiger charge is -2.24. The molecule has 0 aliphatic carbocycles. The zero-order valence-electron chi connectivity index (χ0n) is 11.0. The molecule has 3 nitrogen and oxygen atoms in total. The Labute approximate surface area is 121 Å². The monoisotopic (exact) mass is 326 g/mol. The molecule has 1 rings (SSSR count). The summed E-state index contributed by atoms with van der Waals surface area (Å²) in [6.45, 7) is 4.77. The number of hydrogen-bond acceptors (Lipinski definition) is 2. The van der Waals surface area contributed by atoms with Crippen molar-refractivity contribution in [3.8, 4) is 6.07 Å². The lowest BCUT2D eigenvalue weighted by molar-refractivity contribution is 0.0734. The molecule has 0 aliphatic heterocycles. The van der Waals surface area contributed by atoms with Gasteiger partial charge in [0.05, 0.1) is 18.1 Å². The van der Waals surface area contributed by atoms with Gasteiger partial charge in [-0.2, -0.15) is 5.26 Å². The molecule has 1 aromatic carbocycles. The van der Waals surface area contributed by atoms with Crippen molar-refractivity contribution in [1.29, 1.82) is 5.26 Å². The molecule has 0 unspecified atom stereocenters. The van der Waals surface area contributed by atoms with Gasteiger partial charge in [0.1, 0.15) is 5.82 Å². The molecular formula is C14H16BrFN2O. The minimum Gasteiger partial charge on any atom is -0.337 e. The summed E-state index contributed by atoms with van der Waals surface area (Å²) in [7, 11) is 0. The molecule has 0 radical (unpaired) electrons. The third kappa shape index (κ3) is 4.32. The van der Waals surface area contributed by atoms with E-state index in [2.05, 4.69) is 15.9 Å². The number of carbonyl (C=O) groups excluding carboxylic acids is 1. The van der Waals surface area contributed by atoms with E-state index in [1.54, 1.807) is 6.07 Å². The maximum Gasteiger partial charge on any atom is 0.258 e. The first-order valence-electron chi connectivity index (χ1n) is 6.07. The number of carbonyl (C=O) groups is 1. The highest BCUT2D eigenvalue weighted by molar-refractivity contribution is 9.10. The molecule has 1 aromatic rings. The molecule has 0 saturated heterocycles. The van der Waals surface area contributed by atoms with Gasteiger partial charge in [-0.3, -0.25) is 4.79 Å². The van der Waals surface area contributed by atoms with Crippen LogP contribution in [0.25, 0.3) is 0 Å². The number of amides is 1. The van der Waals surface area contributed by atoms with Crippen molar-refractivity contribution in [1.82, 2.24) is 4.90 Å². The average molecular weight is 327 g/mol. The summed E-state index contributed by atoms with van der Waals surface area (Å²) in [5.41, 5.74) is 0.0288. The van der Waals surface area contributed by atoms with Crippen LogP contribution < -0.4 is 0 Å². The number of nitrogens with zero attached hydrogens (tertiary/aromatic N) is 2. The van der Waals surface area contributed by atoms with Crippen LogP contribution in [0.3, 0.4) is 0 Å². The fourth-order valence-electron chi connectivity index (χ4n) is 1.76. The second-order valence-corrected chi connectivity index (χ2v) is 5.50. The number of halogens is 2. The Balaban J connectivity index is 3.01. The van der Waals surface area contributed by atoms with E-state index in [-0.39, 0.29) is 23.8 Å². The van der Waals surface area contributed by atoms with Gasteiger partial charge >= 0.3 is 0 Å². The van der Waals surface area contributed by atoms with Crippen LogP contribution in [0.15, 0.2) is 22.7 Å². The van der Waals surface area contributed by atoms with Crippen molar-refractivity contribution in [2.24, 2.45) is 5.92 Å². The summed E-state index contributed by atoms with van der Waals surface area (Å²) < 4.78 is 14.2. The van der Waals surface area contributed by atoms with Gasteiger partial charge in [-0.1, -0.05) is 19.9 Å². The zero-order valence-corrected chi connectivity index (χ0v) is 12.6. The zero-order chi connectivity index (χ0) is 14.4. The predicted molar refractivity (Wildman–Crippen MR) is 75.1 cm³/mol. The summed E-state index contributed by atoms with van der Waals surface area (Å²) in [5.74, 6) is -0.674. The highest BCUT2D eigenvalue weighted by Gasteiger charge is 2.22. The predicted octanol–water partition coefficient (Wildman–Crippen LogP) is 3.60. The van der Waals surface area contributed by atoms with Crippen molar-refractivity contribution in [2.45, 2.75) is 20.3 Å². The lowest BCUT2D eigenvalue weighted by atomic mass is 10.1. The molecule has 5 heteroatoms. The van der Waals surface area contributed by atoms with E-state index < -0.39 is 5.82 Å². The van der Waals surface area contributed by atoms with Gasteiger partial charge in [0.15, 0.2) is 0 Å². The third-order valence-electron chi connectivity index (χ3n) is 2.54. The third-order valence-corrected chi connectivity index (χ3v) is 3.20. The van der Waals surface area contributed by atoms with Crippen LogP contribution in [0.2, 0.25) is 0 Å². The second kappa shape index (κ2) is 7.25. The van der Waals surface area contributed by atoms with Gasteiger partial charge in [-0.25, -0.2) is 4.39 Å². The van der Waals surface area contributed by atoms with E-state index in [1.165, 1.54) is 17.0 Å². The lowest BCUT2D eigenvalue weighted by Crippen LogP contribution is -2.35. The Kier molecular flexibility index (Phi) is 5.97. The number of nitriles is 1. The van der Waals surface area contributed by atoms with Crippen molar-refractivity contribution in [2.75, 3.05) is 13.1 Å². The first-order chi connectivity index (χ1) is 8.97. The molecule has 0 fully saturated rings. The minimum absolute atomic E-state index is 0.0288. The molecule has 0 aliphatic rings. The van der Waals surface area contributed by atoms with Crippen molar-refractivity contribution >= 4 is 21.8 Å². The number of rotatable bonds is 5. The van der Waals surface area contributed by atoms with Gasteiger partial charge in [-0.05, 0) is 34.0 Å². The van der Waals surface area contributed by atoms with E-state index in [9.17, 15) is 9.18 Å². The molecule has 0 atom stereocenters. The largest absolute Gasteiger partial charge is 0.337 e. The molecule has 0 N–H and O–H groups in total. The van der Waals surface area contributed by atoms with Crippen LogP contribution in [0, 0.1) is 23.1 Å². The van der Waals surface area contributed by atoms with E-state index in [4.69, 9.17) is 5.26 Å². The molecule has 0 aromatic heterocycles. The molecule has 1 amide bonds. The van der Waals surface area contributed by atoms with Crippen LogP contribution in [0.4, 0.5) is 4.39 Å². The Bertz CT molecular complexity index is 476. The first-order valence-corrected chi connectivity index (χ1v) is 6.87. The van der Waals surface area contributed by atoms with Crippen LogP contribution in [0.5, 0.6) is 0 Å². The molecule has 0 heterocycles. The topological polar surface area (TPSA) is 44.1 Å². The Morgan fingerprint density at radius 3 is 2.74 bits per heavy atom. The maximum absolute atomic E-state index is 13.8. The Hall–Kier alpha value is -1.41. The maximum atomic E-state index is 13.8. The summed E-state index contributed by atoms with van der Waals surface area (Å²) in [6.07, 6.45) is 0.241. The fraction of sp³-hybridized carbons (Fsp3) is 0.429. The fourth-order valence-corrected chi connectivity index (χ4v) is 2.27. The Morgan fingerprint density at radius 1 is 1.53 bits per heavy atom. The average Bonchev–Trinajstić information content (AvgIpc) is 2.33. The van der Waals surface area contributed by atoms with E-state index in [0.29, 0.717) is 17.6 Å². The van der Waals surface area contributed by atoms with E-state index in [0.717, 1.165) is 0 Å². The van der Waals surface area contributed by atoms with Crippen molar-refractivity contribution < 1.29 is 9.18 Å². The molecule has 0 bridgehead atoms. The Morgan fingerprint density at radius 2 is 2.21 bits per heavy atom. The smallest absolute Gasteiger partial charge is 0.258 e. The van der Waals surface area contributed by atoms with Gasteiger partial charge in [0, 0.05) is 17.6 Å². The second-order valence-electron chi connectivity index (χ2n) is 4.65. The highest BCUT2D eigenvalue weighted by Crippen LogP contribution is 2.22. The van der Waals surface area contributed by atoms with Crippen molar-refractivity contribution in [3.05, 3.63) is 34.1 Å². The van der Waals surface area contributed by atoms with E-state index in [1.807, 2.05) is 19.9 Å². The molecule has 102 valence electrons. The van der Waals surface area contributed by atoms with Crippen LogP contribution in [-0.2, 0) is 0 Å². The highest BCUT2D eigenvalue weighted by atomic mass is 79.9.